The first-order valence-electron chi connectivity index (χ1n) is 3.81. The molecular weight excluding hydrogens is 156 g/mol. The lowest BCUT2D eigenvalue weighted by Crippen LogP contribution is -2.36. The van der Waals surface area contributed by atoms with Gasteiger partial charge in [0.1, 0.15) is 0 Å². The SMILES string of the molecule is CC1=CC=C(C)C2NSNC12. The molecule has 2 N–H and O–H groups in total. The molecule has 0 saturated carbocycles. The summed E-state index contributed by atoms with van der Waals surface area (Å²) in [6, 6.07) is 1.01. The van der Waals surface area contributed by atoms with E-state index in [9.17, 15) is 0 Å². The molecule has 1 aliphatic heterocycles. The van der Waals surface area contributed by atoms with Gasteiger partial charge in [-0.05, 0) is 13.8 Å². The summed E-state index contributed by atoms with van der Waals surface area (Å²) in [5, 5.41) is 0. The van der Waals surface area contributed by atoms with Crippen LogP contribution in [-0.4, -0.2) is 12.1 Å². The topological polar surface area (TPSA) is 24.1 Å². The predicted molar refractivity (Wildman–Crippen MR) is 49.0 cm³/mol. The smallest absolute Gasteiger partial charge is 0.0594 e. The van der Waals surface area contributed by atoms with E-state index in [-0.39, 0.29) is 0 Å². The second kappa shape index (κ2) is 2.66. The molecule has 1 saturated heterocycles. The average molecular weight is 168 g/mol. The molecule has 1 heterocycles. The number of rotatable bonds is 0. The Kier molecular flexibility index (Phi) is 1.79. The van der Waals surface area contributed by atoms with Crippen LogP contribution in [-0.2, 0) is 0 Å². The summed E-state index contributed by atoms with van der Waals surface area (Å²) in [5.41, 5.74) is 2.83. The number of hydrogen-bond donors (Lipinski definition) is 2. The van der Waals surface area contributed by atoms with Crippen molar-refractivity contribution >= 4 is 12.1 Å². The minimum atomic E-state index is 0.505. The fraction of sp³-hybridized carbons (Fsp3) is 0.500. The zero-order valence-corrected chi connectivity index (χ0v) is 7.53. The highest BCUT2D eigenvalue weighted by atomic mass is 32.2. The Balaban J connectivity index is 2.30. The molecule has 0 aromatic carbocycles. The maximum Gasteiger partial charge on any atom is 0.0594 e. The Morgan fingerprint density at radius 3 is 2.00 bits per heavy atom. The van der Waals surface area contributed by atoms with Gasteiger partial charge in [-0.25, -0.2) is 9.44 Å². The number of fused-ring (bicyclic) bond motifs is 1. The zero-order valence-electron chi connectivity index (χ0n) is 6.72. The average Bonchev–Trinajstić information content (AvgIpc) is 2.45. The number of nitrogens with one attached hydrogen (secondary N) is 2. The van der Waals surface area contributed by atoms with E-state index in [1.165, 1.54) is 11.1 Å². The summed E-state index contributed by atoms with van der Waals surface area (Å²) in [6.45, 7) is 4.34. The van der Waals surface area contributed by atoms with E-state index in [0.717, 1.165) is 0 Å². The molecule has 0 amide bonds. The summed E-state index contributed by atoms with van der Waals surface area (Å²) >= 11 is 1.61. The van der Waals surface area contributed by atoms with Crippen molar-refractivity contribution in [3.8, 4) is 0 Å². The molecule has 0 radical (unpaired) electrons. The molecule has 1 aliphatic carbocycles. The van der Waals surface area contributed by atoms with Crippen molar-refractivity contribution in [2.24, 2.45) is 0 Å². The van der Waals surface area contributed by atoms with Gasteiger partial charge in [0.05, 0.1) is 12.1 Å². The van der Waals surface area contributed by atoms with Gasteiger partial charge in [0.25, 0.3) is 0 Å². The first-order valence-corrected chi connectivity index (χ1v) is 4.62. The summed E-state index contributed by atoms with van der Waals surface area (Å²) in [7, 11) is 0. The highest BCUT2D eigenvalue weighted by Crippen LogP contribution is 2.25. The van der Waals surface area contributed by atoms with Gasteiger partial charge >= 0.3 is 0 Å². The maximum atomic E-state index is 3.34. The van der Waals surface area contributed by atoms with E-state index >= 15 is 0 Å². The summed E-state index contributed by atoms with van der Waals surface area (Å²) < 4.78 is 6.67. The van der Waals surface area contributed by atoms with E-state index < -0.39 is 0 Å². The first-order chi connectivity index (χ1) is 5.29. The standard InChI is InChI=1S/C8H12N2S/c1-5-3-4-6(2)8-7(5)9-11-10-8/h3-4,7-10H,1-2H3. The van der Waals surface area contributed by atoms with Crippen LogP contribution >= 0.6 is 12.1 Å². The molecule has 2 unspecified atom stereocenters. The lowest BCUT2D eigenvalue weighted by atomic mass is 9.91. The first kappa shape index (κ1) is 7.40. The molecular formula is C8H12N2S. The summed E-state index contributed by atoms with van der Waals surface area (Å²) in [5.74, 6) is 0. The molecule has 2 atom stereocenters. The molecule has 60 valence electrons. The van der Waals surface area contributed by atoms with Gasteiger partial charge < -0.3 is 0 Å². The minimum absolute atomic E-state index is 0.505. The lowest BCUT2D eigenvalue weighted by molar-refractivity contribution is 0.616. The van der Waals surface area contributed by atoms with Crippen LogP contribution in [0.25, 0.3) is 0 Å². The molecule has 0 bridgehead atoms. The zero-order chi connectivity index (χ0) is 7.84. The van der Waals surface area contributed by atoms with Crippen molar-refractivity contribution in [3.63, 3.8) is 0 Å². The van der Waals surface area contributed by atoms with E-state index in [1.54, 1.807) is 12.1 Å². The molecule has 2 nitrogen and oxygen atoms in total. The van der Waals surface area contributed by atoms with Crippen LogP contribution in [0.5, 0.6) is 0 Å². The summed E-state index contributed by atoms with van der Waals surface area (Å²) in [4.78, 5) is 0. The van der Waals surface area contributed by atoms with Crippen molar-refractivity contribution in [3.05, 3.63) is 23.3 Å². The minimum Gasteiger partial charge on any atom is -0.242 e. The third-order valence-electron chi connectivity index (χ3n) is 2.30. The van der Waals surface area contributed by atoms with Gasteiger partial charge in [-0.3, -0.25) is 0 Å². The largest absolute Gasteiger partial charge is 0.242 e. The van der Waals surface area contributed by atoms with E-state index in [0.29, 0.717) is 12.1 Å². The molecule has 3 heteroatoms. The highest BCUT2D eigenvalue weighted by molar-refractivity contribution is 7.95. The van der Waals surface area contributed by atoms with Crippen molar-refractivity contribution in [1.82, 2.24) is 9.44 Å². The molecule has 11 heavy (non-hydrogen) atoms. The van der Waals surface area contributed by atoms with Crippen LogP contribution in [0.1, 0.15) is 13.8 Å². The number of hydrogen-bond acceptors (Lipinski definition) is 3. The maximum absolute atomic E-state index is 3.34. The fourth-order valence-electron chi connectivity index (χ4n) is 1.48. The monoisotopic (exact) mass is 168 g/mol. The van der Waals surface area contributed by atoms with Crippen LogP contribution < -0.4 is 9.44 Å². The summed E-state index contributed by atoms with van der Waals surface area (Å²) in [6.07, 6.45) is 4.38. The van der Waals surface area contributed by atoms with E-state index in [4.69, 9.17) is 0 Å². The van der Waals surface area contributed by atoms with Gasteiger partial charge in [-0.1, -0.05) is 23.3 Å². The van der Waals surface area contributed by atoms with Gasteiger partial charge in [0.15, 0.2) is 0 Å². The van der Waals surface area contributed by atoms with Gasteiger partial charge in [-0.15, -0.1) is 0 Å². The quantitative estimate of drug-likeness (QED) is 0.534. The Morgan fingerprint density at radius 1 is 1.09 bits per heavy atom. The van der Waals surface area contributed by atoms with Crippen molar-refractivity contribution in [1.29, 1.82) is 0 Å². The van der Waals surface area contributed by atoms with Crippen LogP contribution in [0.4, 0.5) is 0 Å². The van der Waals surface area contributed by atoms with Crippen molar-refractivity contribution in [2.45, 2.75) is 25.9 Å². The van der Waals surface area contributed by atoms with Crippen LogP contribution in [0.3, 0.4) is 0 Å². The molecule has 2 rings (SSSR count). The predicted octanol–water partition coefficient (Wildman–Crippen LogP) is 1.39. The molecule has 0 aromatic heterocycles. The third kappa shape index (κ3) is 1.13. The Bertz CT molecular complexity index is 208. The second-order valence-corrected chi connectivity index (χ2v) is 3.79. The van der Waals surface area contributed by atoms with Crippen molar-refractivity contribution in [2.75, 3.05) is 0 Å². The van der Waals surface area contributed by atoms with Crippen LogP contribution in [0.2, 0.25) is 0 Å². The van der Waals surface area contributed by atoms with Crippen LogP contribution in [0, 0.1) is 0 Å². The van der Waals surface area contributed by atoms with Crippen molar-refractivity contribution < 1.29 is 0 Å². The van der Waals surface area contributed by atoms with Gasteiger partial charge in [0, 0.05) is 12.1 Å². The third-order valence-corrected chi connectivity index (χ3v) is 3.04. The fourth-order valence-corrected chi connectivity index (χ4v) is 2.44. The van der Waals surface area contributed by atoms with E-state index in [1.807, 2.05) is 0 Å². The molecule has 0 aromatic rings. The van der Waals surface area contributed by atoms with E-state index in [2.05, 4.69) is 35.4 Å². The van der Waals surface area contributed by atoms with Gasteiger partial charge in [0.2, 0.25) is 0 Å². The Labute approximate surface area is 71.4 Å². The van der Waals surface area contributed by atoms with Gasteiger partial charge in [-0.2, -0.15) is 0 Å². The lowest BCUT2D eigenvalue weighted by Gasteiger charge is -2.22. The Hall–Kier alpha value is -0.250. The second-order valence-electron chi connectivity index (χ2n) is 3.11. The Morgan fingerprint density at radius 2 is 1.55 bits per heavy atom. The number of allylic oxidation sites excluding steroid dienone is 2. The molecule has 2 aliphatic rings. The van der Waals surface area contributed by atoms with Crippen LogP contribution in [0.15, 0.2) is 23.3 Å². The highest BCUT2D eigenvalue weighted by Gasteiger charge is 2.31. The molecule has 1 fully saturated rings. The normalized spacial score (nSPS) is 36.2. The molecule has 0 spiro atoms.